The maximum Gasteiger partial charge on any atom is 0.316 e. The normalized spacial score (nSPS) is 48.7. The van der Waals surface area contributed by atoms with E-state index in [-0.39, 0.29) is 36.8 Å². The Balaban J connectivity index is 1.17. The van der Waals surface area contributed by atoms with Gasteiger partial charge >= 0.3 is 5.97 Å². The summed E-state index contributed by atoms with van der Waals surface area (Å²) in [5.41, 5.74) is 0.184. The molecule has 5 saturated heterocycles. The molecule has 0 unspecified atom stereocenters. The monoisotopic (exact) mass is 860 g/mol. The van der Waals surface area contributed by atoms with Crippen LogP contribution < -0.4 is 0 Å². The van der Waals surface area contributed by atoms with Crippen molar-refractivity contribution < 1.29 is 67.5 Å². The summed E-state index contributed by atoms with van der Waals surface area (Å²) >= 11 is 0. The molecule has 7 rings (SSSR count). The van der Waals surface area contributed by atoms with E-state index in [1.165, 1.54) is 0 Å². The molecule has 5 fully saturated rings. The third-order valence-corrected chi connectivity index (χ3v) is 14.4. The lowest BCUT2D eigenvalue weighted by atomic mass is 9.71. The first-order chi connectivity index (χ1) is 29.0. The number of hydrogen-bond donors (Lipinski definition) is 3. The van der Waals surface area contributed by atoms with Crippen LogP contribution in [0.4, 0.5) is 0 Å². The zero-order valence-corrected chi connectivity index (χ0v) is 37.8. The third-order valence-electron chi connectivity index (χ3n) is 14.4. The molecule has 19 atom stereocenters. The number of carbonyl (C=O) groups is 1. The van der Waals surface area contributed by atoms with Gasteiger partial charge < -0.3 is 62.7 Å². The van der Waals surface area contributed by atoms with E-state index >= 15 is 0 Å². The standard InChI is InChI=1S/C47H72O14/c1-24(2)41-27(5)16-17-46(61-41)22-33-19-32(60-46)15-14-26(4)42(25(3)12-11-13-31-23-54-44-39(48)28(6)18-34(45(50)57-33)47(31,44)51)58-38-21-36(53-10)43(30(8)56-38)59-37-20-35(52-9)40(49)29(7)55-37/h11-14,18,24-25,27,29-30,32-44,48-49,51H,15-17,19-23H2,1-10H3/b12-11+,26-14+,31-13?/t25-,27-,29-,30-,32-,33-,34-,35-,36-,37+,38+,39+,40-,41+,42+,43+,44+,46+,47+/m0/s1. The van der Waals surface area contributed by atoms with Gasteiger partial charge in [-0.15, -0.1) is 0 Å². The molecule has 1 aliphatic carbocycles. The second-order valence-corrected chi connectivity index (χ2v) is 19.2. The van der Waals surface area contributed by atoms with Crippen LogP contribution in [0.25, 0.3) is 0 Å². The largest absolute Gasteiger partial charge is 0.462 e. The minimum atomic E-state index is -1.82. The molecular weight excluding hydrogens is 789 g/mol. The van der Waals surface area contributed by atoms with Crippen molar-refractivity contribution in [1.82, 2.24) is 0 Å². The first kappa shape index (κ1) is 46.9. The Labute approximate surface area is 361 Å². The molecule has 0 aromatic carbocycles. The van der Waals surface area contributed by atoms with Crippen molar-refractivity contribution in [2.24, 2.45) is 23.7 Å². The SMILES string of the molecule is CO[C@H]1C[C@@H](O[C@@H]2[C@H](C)O[C@H](O[C@H]3/C(C)=C/C[C@H]4C[C@@H](C[C@]5(CC[C@H](C)[C@@H](C(C)C)O5)O4)OC(=O)[C@@H]4C=C(C)[C@@H](O)[C@H]5OCC(=C/C=C/[C@@H]3C)[C@]54O)C[C@@H]2OC)O[C@@H](C)[C@@H]1O. The van der Waals surface area contributed by atoms with Crippen LogP contribution in [0, 0.1) is 23.7 Å². The van der Waals surface area contributed by atoms with Gasteiger partial charge in [0.2, 0.25) is 0 Å². The Morgan fingerprint density at radius 2 is 1.59 bits per heavy atom. The molecule has 0 aromatic heterocycles. The van der Waals surface area contributed by atoms with E-state index in [1.54, 1.807) is 40.2 Å². The Morgan fingerprint density at radius 1 is 0.885 bits per heavy atom. The first-order valence-electron chi connectivity index (χ1n) is 22.6. The fourth-order valence-corrected chi connectivity index (χ4v) is 10.8. The van der Waals surface area contributed by atoms with Crippen molar-refractivity contribution in [2.45, 2.75) is 198 Å². The number of rotatable bonds is 7. The second-order valence-electron chi connectivity index (χ2n) is 19.2. The number of aliphatic hydroxyl groups is 3. The van der Waals surface area contributed by atoms with Crippen molar-refractivity contribution in [1.29, 1.82) is 0 Å². The third kappa shape index (κ3) is 9.67. The van der Waals surface area contributed by atoms with Crippen LogP contribution in [0.5, 0.6) is 0 Å². The van der Waals surface area contributed by atoms with Crippen LogP contribution in [0.3, 0.4) is 0 Å². The van der Waals surface area contributed by atoms with Crippen molar-refractivity contribution >= 4 is 5.97 Å². The van der Waals surface area contributed by atoms with Crippen LogP contribution in [-0.4, -0.2) is 139 Å². The molecule has 61 heavy (non-hydrogen) atoms. The van der Waals surface area contributed by atoms with Crippen LogP contribution in [-0.2, 0) is 52.2 Å². The lowest BCUT2D eigenvalue weighted by molar-refractivity contribution is -0.340. The molecule has 7 aliphatic rings. The number of aliphatic hydroxyl groups excluding tert-OH is 2. The molecule has 14 nitrogen and oxygen atoms in total. The van der Waals surface area contributed by atoms with Gasteiger partial charge in [0.1, 0.15) is 42.0 Å². The highest BCUT2D eigenvalue weighted by atomic mass is 16.7. The van der Waals surface area contributed by atoms with Crippen LogP contribution in [0.2, 0.25) is 0 Å². The van der Waals surface area contributed by atoms with E-state index in [2.05, 4.69) is 40.7 Å². The maximum absolute atomic E-state index is 14.3. The smallest absolute Gasteiger partial charge is 0.316 e. The summed E-state index contributed by atoms with van der Waals surface area (Å²) < 4.78 is 63.7. The molecule has 3 N–H and O–H groups in total. The first-order valence-corrected chi connectivity index (χ1v) is 22.6. The predicted octanol–water partition coefficient (Wildman–Crippen LogP) is 5.21. The topological polar surface area (TPSA) is 170 Å². The molecule has 1 spiro atoms. The van der Waals surface area contributed by atoms with Gasteiger partial charge in [-0.05, 0) is 69.1 Å². The molecule has 344 valence electrons. The molecule has 0 amide bonds. The quantitative estimate of drug-likeness (QED) is 0.225. The van der Waals surface area contributed by atoms with E-state index < -0.39 is 90.8 Å². The van der Waals surface area contributed by atoms with Gasteiger partial charge in [0.15, 0.2) is 18.4 Å². The Morgan fingerprint density at radius 3 is 2.31 bits per heavy atom. The van der Waals surface area contributed by atoms with Gasteiger partial charge in [0.25, 0.3) is 0 Å². The molecule has 6 heterocycles. The number of hydrogen-bond acceptors (Lipinski definition) is 14. The number of ether oxygens (including phenoxy) is 10. The highest BCUT2D eigenvalue weighted by Crippen LogP contribution is 2.48. The molecule has 6 aliphatic heterocycles. The fourth-order valence-electron chi connectivity index (χ4n) is 10.8. The number of esters is 1. The maximum atomic E-state index is 14.3. The van der Waals surface area contributed by atoms with Crippen LogP contribution >= 0.6 is 0 Å². The second kappa shape index (κ2) is 19.2. The molecule has 2 bridgehead atoms. The summed E-state index contributed by atoms with van der Waals surface area (Å²) in [6, 6.07) is 0. The number of allylic oxidation sites excluding steroid dienone is 2. The van der Waals surface area contributed by atoms with E-state index in [1.807, 2.05) is 19.1 Å². The van der Waals surface area contributed by atoms with Crippen molar-refractivity contribution in [3.05, 3.63) is 47.1 Å². The van der Waals surface area contributed by atoms with Crippen molar-refractivity contribution in [3.63, 3.8) is 0 Å². The summed E-state index contributed by atoms with van der Waals surface area (Å²) in [4.78, 5) is 14.3. The van der Waals surface area contributed by atoms with E-state index in [4.69, 9.17) is 47.4 Å². The van der Waals surface area contributed by atoms with E-state index in [9.17, 15) is 20.1 Å². The molecule has 0 aromatic rings. The van der Waals surface area contributed by atoms with Crippen molar-refractivity contribution in [3.8, 4) is 0 Å². The average molecular weight is 861 g/mol. The molecular formula is C47H72O14. The van der Waals surface area contributed by atoms with Gasteiger partial charge in [0, 0.05) is 52.2 Å². The summed E-state index contributed by atoms with van der Waals surface area (Å²) in [5, 5.41) is 34.2. The predicted molar refractivity (Wildman–Crippen MR) is 223 cm³/mol. The Kier molecular flexibility index (Phi) is 14.8. The van der Waals surface area contributed by atoms with Gasteiger partial charge in [0.05, 0.1) is 49.3 Å². The summed E-state index contributed by atoms with van der Waals surface area (Å²) in [7, 11) is 3.22. The minimum absolute atomic E-state index is 0.0210. The summed E-state index contributed by atoms with van der Waals surface area (Å²) in [6.45, 7) is 16.2. The Hall–Kier alpha value is -2.05. The van der Waals surface area contributed by atoms with E-state index in [0.29, 0.717) is 55.6 Å². The lowest BCUT2D eigenvalue weighted by Gasteiger charge is -2.50. The summed E-state index contributed by atoms with van der Waals surface area (Å²) in [5.74, 6) is -2.15. The fraction of sp³-hybridized carbons (Fsp3) is 0.809. The lowest BCUT2D eigenvalue weighted by Crippen LogP contribution is -2.58. The number of methoxy groups -OCH3 is 2. The average Bonchev–Trinajstić information content (AvgIpc) is 3.56. The van der Waals surface area contributed by atoms with E-state index in [0.717, 1.165) is 12.0 Å². The van der Waals surface area contributed by atoms with Gasteiger partial charge in [-0.1, -0.05) is 58.1 Å². The van der Waals surface area contributed by atoms with Crippen LogP contribution in [0.15, 0.2) is 47.1 Å². The van der Waals surface area contributed by atoms with Gasteiger partial charge in [-0.3, -0.25) is 4.79 Å². The Bertz CT molecular complexity index is 1660. The van der Waals surface area contributed by atoms with Crippen molar-refractivity contribution in [2.75, 3.05) is 20.8 Å². The zero-order valence-electron chi connectivity index (χ0n) is 37.8. The molecule has 0 saturated carbocycles. The highest BCUT2D eigenvalue weighted by molar-refractivity contribution is 5.78. The highest BCUT2D eigenvalue weighted by Gasteiger charge is 2.60. The molecule has 14 heteroatoms. The summed E-state index contributed by atoms with van der Waals surface area (Å²) in [6.07, 6.45) is 5.52. The minimum Gasteiger partial charge on any atom is -0.462 e. The number of fused-ring (bicyclic) bond motifs is 2. The molecule has 0 radical (unpaired) electrons. The van der Waals surface area contributed by atoms with Gasteiger partial charge in [-0.2, -0.15) is 0 Å². The zero-order chi connectivity index (χ0) is 44.0. The van der Waals surface area contributed by atoms with Crippen LogP contribution in [0.1, 0.15) is 100 Å². The number of carbonyl (C=O) groups excluding carboxylic acids is 1. The van der Waals surface area contributed by atoms with Gasteiger partial charge in [-0.25, -0.2) is 0 Å².